The fourth-order valence-corrected chi connectivity index (χ4v) is 3.07. The van der Waals surface area contributed by atoms with Crippen molar-refractivity contribution in [1.29, 1.82) is 0 Å². The fraction of sp³-hybridized carbons (Fsp3) is 0.333. The summed E-state index contributed by atoms with van der Waals surface area (Å²) in [5.41, 5.74) is 0.282. The van der Waals surface area contributed by atoms with Crippen LogP contribution in [0.15, 0.2) is 47.4 Å². The summed E-state index contributed by atoms with van der Waals surface area (Å²) in [5.74, 6) is 0.198. The molecule has 25 heavy (non-hydrogen) atoms. The molecule has 0 aliphatic rings. The SMILES string of the molecule is CCCCCCc1c(Oc2ccccc2)ccc(S(=O)(=O)O)c1[O-].[K+]. The van der Waals surface area contributed by atoms with Gasteiger partial charge in [0, 0.05) is 0 Å². The topological polar surface area (TPSA) is 86.7 Å². The predicted molar refractivity (Wildman–Crippen MR) is 90.1 cm³/mol. The van der Waals surface area contributed by atoms with Crippen LogP contribution >= 0.6 is 0 Å². The Morgan fingerprint density at radius 3 is 2.32 bits per heavy atom. The third-order valence-electron chi connectivity index (χ3n) is 3.71. The van der Waals surface area contributed by atoms with E-state index in [1.54, 1.807) is 24.3 Å². The van der Waals surface area contributed by atoms with Gasteiger partial charge < -0.3 is 9.84 Å². The molecule has 0 saturated heterocycles. The molecule has 2 aromatic carbocycles. The molecule has 2 aromatic rings. The van der Waals surface area contributed by atoms with Crippen molar-refractivity contribution in [2.24, 2.45) is 0 Å². The van der Waals surface area contributed by atoms with Crippen LogP contribution in [-0.2, 0) is 16.5 Å². The van der Waals surface area contributed by atoms with Crippen LogP contribution in [0.3, 0.4) is 0 Å². The van der Waals surface area contributed by atoms with E-state index >= 15 is 0 Å². The average Bonchev–Trinajstić information content (AvgIpc) is 2.53. The van der Waals surface area contributed by atoms with Crippen molar-refractivity contribution in [2.45, 2.75) is 43.9 Å². The standard InChI is InChI=1S/C18H22O5S.K/c1-2-3-4-8-11-15-16(23-14-9-6-5-7-10-14)12-13-17(18(15)19)24(20,21)22;/h5-7,9-10,12-13,19H,2-4,8,11H2,1H3,(H,20,21,22);/q;+1/p-1. The van der Waals surface area contributed by atoms with E-state index in [1.165, 1.54) is 6.07 Å². The Labute approximate surface area is 191 Å². The first kappa shape index (κ1) is 22.6. The van der Waals surface area contributed by atoms with Gasteiger partial charge in [0.05, 0.1) is 4.90 Å². The zero-order valence-corrected chi connectivity index (χ0v) is 18.5. The average molecular weight is 389 g/mol. The molecule has 130 valence electrons. The van der Waals surface area contributed by atoms with Crippen LogP contribution in [0.5, 0.6) is 17.2 Å². The minimum absolute atomic E-state index is 0. The van der Waals surface area contributed by atoms with Crippen molar-refractivity contribution < 1.29 is 74.2 Å². The van der Waals surface area contributed by atoms with Gasteiger partial charge in [-0.3, -0.25) is 4.55 Å². The summed E-state index contributed by atoms with van der Waals surface area (Å²) < 4.78 is 37.7. The largest absolute Gasteiger partial charge is 1.00 e. The van der Waals surface area contributed by atoms with E-state index in [2.05, 4.69) is 6.92 Å². The van der Waals surface area contributed by atoms with Gasteiger partial charge >= 0.3 is 51.4 Å². The van der Waals surface area contributed by atoms with Gasteiger partial charge in [-0.2, -0.15) is 8.42 Å². The Morgan fingerprint density at radius 1 is 1.04 bits per heavy atom. The molecule has 0 aliphatic heterocycles. The van der Waals surface area contributed by atoms with Gasteiger partial charge in [0.15, 0.2) is 0 Å². The van der Waals surface area contributed by atoms with Crippen molar-refractivity contribution in [2.75, 3.05) is 0 Å². The van der Waals surface area contributed by atoms with E-state index in [0.29, 0.717) is 17.9 Å². The van der Waals surface area contributed by atoms with Gasteiger partial charge in [-0.1, -0.05) is 50.1 Å². The van der Waals surface area contributed by atoms with E-state index in [9.17, 15) is 18.1 Å². The molecule has 1 N–H and O–H groups in total. The molecule has 2 rings (SSSR count). The molecule has 0 radical (unpaired) electrons. The molecule has 0 unspecified atom stereocenters. The van der Waals surface area contributed by atoms with E-state index < -0.39 is 20.8 Å². The Kier molecular flexibility index (Phi) is 9.65. The first-order valence-electron chi connectivity index (χ1n) is 7.96. The first-order valence-corrected chi connectivity index (χ1v) is 9.40. The summed E-state index contributed by atoms with van der Waals surface area (Å²) in [6, 6.07) is 11.5. The molecule has 7 heteroatoms. The second-order valence-electron chi connectivity index (χ2n) is 5.57. The number of hydrogen-bond acceptors (Lipinski definition) is 4. The number of benzene rings is 2. The van der Waals surface area contributed by atoms with Gasteiger partial charge in [0.2, 0.25) is 0 Å². The molecule has 0 aromatic heterocycles. The summed E-state index contributed by atoms with van der Waals surface area (Å²) in [6.45, 7) is 2.09. The second kappa shape index (κ2) is 10.7. The number of ether oxygens (including phenoxy) is 1. The van der Waals surface area contributed by atoms with Crippen LogP contribution in [-0.4, -0.2) is 13.0 Å². The minimum Gasteiger partial charge on any atom is -0.871 e. The summed E-state index contributed by atoms with van der Waals surface area (Å²) in [5, 5.41) is 12.5. The van der Waals surface area contributed by atoms with Crippen LogP contribution in [0.25, 0.3) is 0 Å². The molecule has 0 heterocycles. The van der Waals surface area contributed by atoms with Crippen LogP contribution in [0.1, 0.15) is 38.2 Å². The zero-order chi connectivity index (χ0) is 17.6. The van der Waals surface area contributed by atoms with Crippen molar-refractivity contribution in [3.8, 4) is 17.2 Å². The first-order chi connectivity index (χ1) is 11.4. The number of hydrogen-bond donors (Lipinski definition) is 1. The Morgan fingerprint density at radius 2 is 1.72 bits per heavy atom. The summed E-state index contributed by atoms with van der Waals surface area (Å²) in [7, 11) is -4.55. The van der Waals surface area contributed by atoms with Gasteiger partial charge in [-0.25, -0.2) is 0 Å². The van der Waals surface area contributed by atoms with E-state index in [4.69, 9.17) is 4.74 Å². The Balaban J connectivity index is 0.00000312. The number of para-hydroxylation sites is 1. The van der Waals surface area contributed by atoms with Crippen LogP contribution in [0.2, 0.25) is 0 Å². The van der Waals surface area contributed by atoms with Crippen LogP contribution in [0, 0.1) is 0 Å². The number of rotatable bonds is 8. The molecule has 0 atom stereocenters. The summed E-state index contributed by atoms with van der Waals surface area (Å²) in [4.78, 5) is -0.603. The summed E-state index contributed by atoms with van der Waals surface area (Å²) in [6.07, 6.45) is 4.20. The number of unbranched alkanes of at least 4 members (excludes halogenated alkanes) is 3. The maximum Gasteiger partial charge on any atom is 1.00 e. The molecule has 5 nitrogen and oxygen atoms in total. The smallest absolute Gasteiger partial charge is 0.871 e. The molecule has 0 amide bonds. The third kappa shape index (κ3) is 6.67. The second-order valence-corrected chi connectivity index (χ2v) is 6.96. The monoisotopic (exact) mass is 388 g/mol. The van der Waals surface area contributed by atoms with Crippen molar-refractivity contribution in [1.82, 2.24) is 0 Å². The zero-order valence-electron chi connectivity index (χ0n) is 14.6. The Bertz CT molecular complexity index is 776. The maximum absolute atomic E-state index is 12.5. The Hall–Kier alpha value is -0.414. The quantitative estimate of drug-likeness (QED) is 0.413. The van der Waals surface area contributed by atoms with Gasteiger partial charge in [0.25, 0.3) is 10.1 Å². The predicted octanol–water partition coefficient (Wildman–Crippen LogP) is 0.926. The molecule has 0 bridgehead atoms. The van der Waals surface area contributed by atoms with Crippen molar-refractivity contribution in [3.63, 3.8) is 0 Å². The van der Waals surface area contributed by atoms with Crippen LogP contribution < -0.4 is 61.2 Å². The van der Waals surface area contributed by atoms with Gasteiger partial charge in [-0.15, -0.1) is 0 Å². The van der Waals surface area contributed by atoms with Crippen LogP contribution in [0.4, 0.5) is 0 Å². The maximum atomic E-state index is 12.5. The minimum atomic E-state index is -4.55. The molecular formula is C18H21KO5S. The third-order valence-corrected chi connectivity index (χ3v) is 4.59. The van der Waals surface area contributed by atoms with E-state index in [0.717, 1.165) is 31.7 Å². The molecule has 0 fully saturated rings. The normalized spacial score (nSPS) is 11.0. The van der Waals surface area contributed by atoms with E-state index in [1.807, 2.05) is 6.07 Å². The molecular weight excluding hydrogens is 367 g/mol. The molecule has 0 spiro atoms. The van der Waals surface area contributed by atoms with Gasteiger partial charge in [0.1, 0.15) is 11.5 Å². The fourth-order valence-electron chi connectivity index (χ4n) is 2.47. The van der Waals surface area contributed by atoms with E-state index in [-0.39, 0.29) is 56.9 Å². The van der Waals surface area contributed by atoms with Crippen molar-refractivity contribution in [3.05, 3.63) is 48.0 Å². The molecule has 0 aliphatic carbocycles. The summed E-state index contributed by atoms with van der Waals surface area (Å²) >= 11 is 0. The van der Waals surface area contributed by atoms with Crippen molar-refractivity contribution >= 4 is 10.1 Å². The van der Waals surface area contributed by atoms with Gasteiger partial charge in [-0.05, 0) is 42.7 Å². The molecule has 0 saturated carbocycles.